The van der Waals surface area contributed by atoms with Gasteiger partial charge in [0.15, 0.2) is 0 Å². The van der Waals surface area contributed by atoms with Crippen molar-refractivity contribution in [1.82, 2.24) is 0 Å². The number of hydrogen-bond donors (Lipinski definition) is 0. The number of carbonyl (C=O) groups excluding carboxylic acids is 1. The lowest BCUT2D eigenvalue weighted by Crippen LogP contribution is -2.03. The highest BCUT2D eigenvalue weighted by Crippen LogP contribution is 2.06. The molecule has 0 atom stereocenters. The van der Waals surface area contributed by atoms with Crippen LogP contribution in [0, 0.1) is 0 Å². The Morgan fingerprint density at radius 2 is 2.25 bits per heavy atom. The quantitative estimate of drug-likeness (QED) is 0.446. The number of carbonyl (C=O) groups is 1. The Balaban J connectivity index is 3.25. The second-order valence-corrected chi connectivity index (χ2v) is 2.45. The molecule has 0 aliphatic rings. The number of esters is 1. The zero-order chi connectivity index (χ0) is 6.57. The number of methoxy groups -OCH3 is 1. The smallest absolute Gasteiger partial charge is 0.308 e. The van der Waals surface area contributed by atoms with Crippen LogP contribution in [0.4, 0.5) is 0 Å². The van der Waals surface area contributed by atoms with Crippen LogP contribution in [0.3, 0.4) is 0 Å². The molecule has 0 bridgehead atoms. The van der Waals surface area contributed by atoms with Crippen molar-refractivity contribution in [1.29, 1.82) is 0 Å². The van der Waals surface area contributed by atoms with Gasteiger partial charge in [-0.15, -0.1) is 23.2 Å². The van der Waals surface area contributed by atoms with Gasteiger partial charge in [-0.1, -0.05) is 0 Å². The van der Waals surface area contributed by atoms with Crippen LogP contribution >= 0.6 is 23.2 Å². The first kappa shape index (κ1) is 8.05. The van der Waals surface area contributed by atoms with E-state index in [0.29, 0.717) is 0 Å². The summed E-state index contributed by atoms with van der Waals surface area (Å²) in [6.45, 7) is 0. The molecule has 0 aliphatic heterocycles. The van der Waals surface area contributed by atoms with Gasteiger partial charge < -0.3 is 4.74 Å². The van der Waals surface area contributed by atoms with Crippen LogP contribution < -0.4 is 0 Å². The third-order valence-corrected chi connectivity index (χ3v) is 0.857. The van der Waals surface area contributed by atoms with Crippen LogP contribution in [0.2, 0.25) is 0 Å². The minimum atomic E-state index is -0.651. The average molecular weight is 157 g/mol. The number of halogens is 2. The van der Waals surface area contributed by atoms with Gasteiger partial charge >= 0.3 is 5.97 Å². The molecule has 0 unspecified atom stereocenters. The standard InChI is InChI=1S/C4H6Cl2O2/c1-8-4(7)2-3(5)6/h3H,2H2,1H3. The first-order chi connectivity index (χ1) is 3.66. The van der Waals surface area contributed by atoms with Crippen LogP contribution in [-0.2, 0) is 9.53 Å². The minimum absolute atomic E-state index is 0.0552. The zero-order valence-corrected chi connectivity index (χ0v) is 5.87. The number of hydrogen-bond acceptors (Lipinski definition) is 2. The van der Waals surface area contributed by atoms with E-state index in [0.717, 1.165) is 0 Å². The van der Waals surface area contributed by atoms with E-state index in [4.69, 9.17) is 23.2 Å². The third kappa shape index (κ3) is 4.22. The summed E-state index contributed by atoms with van der Waals surface area (Å²) < 4.78 is 4.25. The van der Waals surface area contributed by atoms with Gasteiger partial charge in [0.1, 0.15) is 4.84 Å². The number of ether oxygens (including phenoxy) is 1. The molecule has 2 nitrogen and oxygen atoms in total. The molecule has 0 aromatic rings. The van der Waals surface area contributed by atoms with Crippen molar-refractivity contribution in [2.75, 3.05) is 7.11 Å². The molecule has 4 heteroatoms. The van der Waals surface area contributed by atoms with Crippen LogP contribution in [0.15, 0.2) is 0 Å². The Bertz CT molecular complexity index is 82.1. The van der Waals surface area contributed by atoms with E-state index < -0.39 is 4.84 Å². The largest absolute Gasteiger partial charge is 0.469 e. The molecule has 0 heterocycles. The summed E-state index contributed by atoms with van der Waals surface area (Å²) in [4.78, 5) is 9.58. The van der Waals surface area contributed by atoms with Crippen LogP contribution in [-0.4, -0.2) is 17.9 Å². The second-order valence-electron chi connectivity index (χ2n) is 1.17. The molecule has 0 saturated carbocycles. The molecular weight excluding hydrogens is 151 g/mol. The van der Waals surface area contributed by atoms with Crippen LogP contribution in [0.5, 0.6) is 0 Å². The monoisotopic (exact) mass is 156 g/mol. The third-order valence-electron chi connectivity index (χ3n) is 0.549. The van der Waals surface area contributed by atoms with Crippen molar-refractivity contribution in [2.45, 2.75) is 11.3 Å². The van der Waals surface area contributed by atoms with Crippen LogP contribution in [0.1, 0.15) is 6.42 Å². The highest BCUT2D eigenvalue weighted by Gasteiger charge is 2.05. The summed E-state index contributed by atoms with van der Waals surface area (Å²) in [5, 5.41) is 0. The fraction of sp³-hybridized carbons (Fsp3) is 0.750. The molecule has 0 rings (SSSR count). The van der Waals surface area contributed by atoms with Gasteiger partial charge in [0, 0.05) is 0 Å². The maximum absolute atomic E-state index is 10.2. The van der Waals surface area contributed by atoms with Crippen LogP contribution in [0.25, 0.3) is 0 Å². The van der Waals surface area contributed by atoms with Gasteiger partial charge in [-0.05, 0) is 0 Å². The maximum Gasteiger partial charge on any atom is 0.308 e. The highest BCUT2D eigenvalue weighted by atomic mass is 35.5. The number of rotatable bonds is 2. The Kier molecular flexibility index (Phi) is 4.01. The lowest BCUT2D eigenvalue weighted by molar-refractivity contribution is -0.140. The van der Waals surface area contributed by atoms with E-state index in [9.17, 15) is 4.79 Å². The molecule has 0 N–H and O–H groups in total. The summed E-state index contributed by atoms with van der Waals surface area (Å²) in [7, 11) is 1.29. The molecule has 0 aromatic carbocycles. The Morgan fingerprint density at radius 1 is 1.75 bits per heavy atom. The van der Waals surface area contributed by atoms with Crippen molar-refractivity contribution in [3.8, 4) is 0 Å². The summed E-state index contributed by atoms with van der Waals surface area (Å²) in [5.74, 6) is -0.389. The fourth-order valence-corrected chi connectivity index (χ4v) is 0.461. The van der Waals surface area contributed by atoms with E-state index >= 15 is 0 Å². The second kappa shape index (κ2) is 3.98. The lowest BCUT2D eigenvalue weighted by atomic mass is 10.5. The first-order valence-electron chi connectivity index (χ1n) is 2.01. The highest BCUT2D eigenvalue weighted by molar-refractivity contribution is 6.45. The molecule has 0 amide bonds. The molecule has 0 aliphatic carbocycles. The van der Waals surface area contributed by atoms with E-state index in [2.05, 4.69) is 4.74 Å². The number of alkyl halides is 2. The molecule has 0 spiro atoms. The van der Waals surface area contributed by atoms with Crippen molar-refractivity contribution in [3.05, 3.63) is 0 Å². The Hall–Kier alpha value is 0.0500. The fourth-order valence-electron chi connectivity index (χ4n) is 0.209. The van der Waals surface area contributed by atoms with Gasteiger partial charge in [-0.25, -0.2) is 0 Å². The van der Waals surface area contributed by atoms with E-state index in [-0.39, 0.29) is 12.4 Å². The van der Waals surface area contributed by atoms with E-state index in [1.807, 2.05) is 0 Å². The molecule has 8 heavy (non-hydrogen) atoms. The van der Waals surface area contributed by atoms with Gasteiger partial charge in [0.2, 0.25) is 0 Å². The van der Waals surface area contributed by atoms with Gasteiger partial charge in [0.25, 0.3) is 0 Å². The predicted molar refractivity (Wildman–Crippen MR) is 32.1 cm³/mol. The van der Waals surface area contributed by atoms with Crippen molar-refractivity contribution in [3.63, 3.8) is 0 Å². The normalized spacial score (nSPS) is 9.50. The molecule has 0 saturated heterocycles. The van der Waals surface area contributed by atoms with E-state index in [1.54, 1.807) is 0 Å². The molecular formula is C4H6Cl2O2. The Morgan fingerprint density at radius 3 is 2.38 bits per heavy atom. The van der Waals surface area contributed by atoms with Crippen molar-refractivity contribution < 1.29 is 9.53 Å². The summed E-state index contributed by atoms with van der Waals surface area (Å²) in [5.41, 5.74) is 0. The topological polar surface area (TPSA) is 26.3 Å². The van der Waals surface area contributed by atoms with Crippen molar-refractivity contribution >= 4 is 29.2 Å². The van der Waals surface area contributed by atoms with Gasteiger partial charge in [0.05, 0.1) is 13.5 Å². The predicted octanol–water partition coefficient (Wildman–Crippen LogP) is 1.35. The average Bonchev–Trinajstić information content (AvgIpc) is 1.65. The summed E-state index contributed by atoms with van der Waals surface area (Å²) in [6, 6.07) is 0. The molecule has 48 valence electrons. The maximum atomic E-state index is 10.2. The molecule has 0 aromatic heterocycles. The minimum Gasteiger partial charge on any atom is -0.469 e. The SMILES string of the molecule is COC(=O)CC(Cl)Cl. The summed E-state index contributed by atoms with van der Waals surface area (Å²) in [6.07, 6.45) is 0.0552. The van der Waals surface area contributed by atoms with Gasteiger partial charge in [-0.3, -0.25) is 4.79 Å². The van der Waals surface area contributed by atoms with E-state index in [1.165, 1.54) is 7.11 Å². The Labute approximate surface area is 57.7 Å². The lowest BCUT2D eigenvalue weighted by Gasteiger charge is -1.96. The zero-order valence-electron chi connectivity index (χ0n) is 4.36. The van der Waals surface area contributed by atoms with Gasteiger partial charge in [-0.2, -0.15) is 0 Å². The molecule has 0 fully saturated rings. The first-order valence-corrected chi connectivity index (χ1v) is 2.89. The van der Waals surface area contributed by atoms with Crippen molar-refractivity contribution in [2.24, 2.45) is 0 Å². The summed E-state index contributed by atoms with van der Waals surface area (Å²) >= 11 is 10.4. The molecule has 0 radical (unpaired) electrons.